The molecule has 0 aromatic heterocycles. The number of carbonyl (C=O) groups is 1. The van der Waals surface area contributed by atoms with Crippen molar-refractivity contribution < 1.29 is 64.6 Å². The summed E-state index contributed by atoms with van der Waals surface area (Å²) in [5, 5.41) is 84.2. The van der Waals surface area contributed by atoms with E-state index in [2.05, 4.69) is 0 Å². The topological polar surface area (TPSA) is 216 Å². The summed E-state index contributed by atoms with van der Waals surface area (Å²) in [4.78, 5) is 12.9. The second-order valence-corrected chi connectivity index (χ2v) is 13.3. The van der Waals surface area contributed by atoms with Crippen molar-refractivity contribution in [2.24, 2.45) is 17.3 Å². The molecule has 4 rings (SSSR count). The first-order valence-corrected chi connectivity index (χ1v) is 14.6. The van der Waals surface area contributed by atoms with Gasteiger partial charge in [0.25, 0.3) is 0 Å². The van der Waals surface area contributed by atoms with E-state index in [9.17, 15) is 45.6 Å². The monoisotopic (exact) mass is 614 g/mol. The normalized spacial score (nSPS) is 48.2. The third kappa shape index (κ3) is 6.17. The molecule has 0 amide bonds. The zero-order valence-electron chi connectivity index (χ0n) is 25.1. The molecule has 43 heavy (non-hydrogen) atoms. The predicted molar refractivity (Wildman–Crippen MR) is 148 cm³/mol. The lowest BCUT2D eigenvalue weighted by Gasteiger charge is -2.55. The van der Waals surface area contributed by atoms with Crippen molar-refractivity contribution in [2.45, 2.75) is 120 Å². The Morgan fingerprint density at radius 1 is 1.02 bits per heavy atom. The van der Waals surface area contributed by atoms with Crippen LogP contribution in [-0.2, 0) is 23.7 Å². The van der Waals surface area contributed by atoms with Gasteiger partial charge < -0.3 is 59.8 Å². The Hall–Kier alpha value is -1.91. The van der Waals surface area contributed by atoms with Gasteiger partial charge in [0.05, 0.1) is 36.1 Å². The highest BCUT2D eigenvalue weighted by molar-refractivity contribution is 5.83. The van der Waals surface area contributed by atoms with Crippen LogP contribution in [0.1, 0.15) is 53.9 Å². The molecule has 8 N–H and O–H groups in total. The number of ether oxygens (including phenoxy) is 4. The van der Waals surface area contributed by atoms with Gasteiger partial charge in [0.15, 0.2) is 6.29 Å². The average molecular weight is 615 g/mol. The Balaban J connectivity index is 1.45. The van der Waals surface area contributed by atoms with Crippen LogP contribution >= 0.6 is 0 Å². The molecule has 0 aromatic carbocycles. The van der Waals surface area contributed by atoms with E-state index in [1.165, 1.54) is 38.3 Å². The van der Waals surface area contributed by atoms with Crippen molar-refractivity contribution in [3.8, 4) is 0 Å². The van der Waals surface area contributed by atoms with Gasteiger partial charge in [-0.25, -0.2) is 4.79 Å². The molecule has 3 fully saturated rings. The van der Waals surface area contributed by atoms with Crippen LogP contribution in [0.15, 0.2) is 36.1 Å². The molecular weight excluding hydrogens is 568 g/mol. The van der Waals surface area contributed by atoms with Crippen molar-refractivity contribution in [2.75, 3.05) is 6.61 Å². The molecule has 0 radical (unpaired) electrons. The Labute approximate surface area is 250 Å². The molecule has 0 aromatic rings. The first kappa shape index (κ1) is 34.0. The van der Waals surface area contributed by atoms with Crippen molar-refractivity contribution in [3.63, 3.8) is 0 Å². The molecule has 2 heterocycles. The lowest BCUT2D eigenvalue weighted by molar-refractivity contribution is -0.346. The summed E-state index contributed by atoms with van der Waals surface area (Å²) in [7, 11) is 0. The first-order valence-electron chi connectivity index (χ1n) is 14.6. The number of allylic oxidation sites excluding steroid dienone is 2. The maximum Gasteiger partial charge on any atom is 0.331 e. The van der Waals surface area contributed by atoms with Crippen molar-refractivity contribution in [1.82, 2.24) is 0 Å². The maximum atomic E-state index is 12.9. The summed E-state index contributed by atoms with van der Waals surface area (Å²) < 4.78 is 22.5. The van der Waals surface area contributed by atoms with Gasteiger partial charge in [-0.05, 0) is 51.3 Å². The number of esters is 1. The molecule has 13 nitrogen and oxygen atoms in total. The van der Waals surface area contributed by atoms with Crippen LogP contribution in [0.25, 0.3) is 0 Å². The molecular formula is C30H46O13. The third-order valence-electron chi connectivity index (χ3n) is 9.84. The van der Waals surface area contributed by atoms with Gasteiger partial charge in [-0.15, -0.1) is 0 Å². The Kier molecular flexibility index (Phi) is 9.58. The molecule has 13 heteroatoms. The minimum Gasteiger partial charge on any atom is -0.472 e. The lowest BCUT2D eigenvalue weighted by Crippen LogP contribution is -2.66. The van der Waals surface area contributed by atoms with Gasteiger partial charge in [0, 0.05) is 23.8 Å². The standard InChI is InChI=1S/C30H46O13/c1-15(6-10-30(39)27(2,3)19(32)7-9-29(30,5)38)12-20(33)41-17-13-28(4,37)21-16(17)8-11-40-25(21)43-26-24(36)23(35)22(34)18(14-31)42-26/h6,8,10-12,16-19,21-26,31-32,34-39H,7,9,13-14H2,1-5H3/b10-6+,15-12+/t16-,17+,18+,19-,21+,22+,23-,24+,25-,26-,28-,29+,30+/m0/s1. The number of rotatable bonds is 7. The van der Waals surface area contributed by atoms with Crippen molar-refractivity contribution in [3.05, 3.63) is 36.1 Å². The van der Waals surface area contributed by atoms with Gasteiger partial charge in [-0.2, -0.15) is 0 Å². The SMILES string of the molecule is CC(/C=C/[C@@]1(O)C(C)(C)[C@@H](O)CC[C@@]1(C)O)=C\C(=O)O[C@@H]1C[C@](C)(O)[C@H]2[C@H](O[C@@H]3O[C@H](CO)[C@@H](O)[C@H](O)[C@H]3O)OC=C[C@H]21. The van der Waals surface area contributed by atoms with Gasteiger partial charge >= 0.3 is 5.97 Å². The fourth-order valence-corrected chi connectivity index (χ4v) is 6.87. The van der Waals surface area contributed by atoms with Gasteiger partial charge in [0.1, 0.15) is 36.1 Å². The Morgan fingerprint density at radius 2 is 1.70 bits per heavy atom. The molecule has 0 unspecified atom stereocenters. The highest BCUT2D eigenvalue weighted by Gasteiger charge is 2.60. The molecule has 4 aliphatic rings. The Morgan fingerprint density at radius 3 is 2.35 bits per heavy atom. The summed E-state index contributed by atoms with van der Waals surface area (Å²) in [6.45, 7) is 7.35. The number of hydrogen-bond acceptors (Lipinski definition) is 13. The van der Waals surface area contributed by atoms with E-state index in [-0.39, 0.29) is 12.8 Å². The summed E-state index contributed by atoms with van der Waals surface area (Å²) >= 11 is 0. The minimum absolute atomic E-state index is 0.0216. The third-order valence-corrected chi connectivity index (χ3v) is 9.84. The number of hydrogen-bond donors (Lipinski definition) is 8. The zero-order valence-corrected chi connectivity index (χ0v) is 25.1. The second kappa shape index (κ2) is 12.1. The highest BCUT2D eigenvalue weighted by Crippen LogP contribution is 2.51. The average Bonchev–Trinajstić information content (AvgIpc) is 3.19. The zero-order chi connectivity index (χ0) is 32.1. The first-order chi connectivity index (χ1) is 19.9. The molecule has 0 spiro atoms. The molecule has 244 valence electrons. The number of aliphatic hydroxyl groups is 8. The highest BCUT2D eigenvalue weighted by atomic mass is 16.8. The molecule has 2 aliphatic carbocycles. The van der Waals surface area contributed by atoms with Gasteiger partial charge in [0.2, 0.25) is 6.29 Å². The molecule has 2 saturated carbocycles. The molecule has 0 bridgehead atoms. The van der Waals surface area contributed by atoms with Gasteiger partial charge in [-0.3, -0.25) is 0 Å². The smallest absolute Gasteiger partial charge is 0.331 e. The molecule has 1 saturated heterocycles. The predicted octanol–water partition coefficient (Wildman–Crippen LogP) is -0.863. The van der Waals surface area contributed by atoms with E-state index in [4.69, 9.17) is 18.9 Å². The van der Waals surface area contributed by atoms with Crippen LogP contribution in [0.5, 0.6) is 0 Å². The summed E-state index contributed by atoms with van der Waals surface area (Å²) in [6.07, 6.45) is -2.84. The molecule has 13 atom stereocenters. The van der Waals surface area contributed by atoms with Crippen LogP contribution in [0.4, 0.5) is 0 Å². The summed E-state index contributed by atoms with van der Waals surface area (Å²) in [6, 6.07) is 0. The van der Waals surface area contributed by atoms with Crippen LogP contribution in [0.2, 0.25) is 0 Å². The van der Waals surface area contributed by atoms with Crippen LogP contribution < -0.4 is 0 Å². The second-order valence-electron chi connectivity index (χ2n) is 13.3. The molecule has 2 aliphatic heterocycles. The van der Waals surface area contributed by atoms with E-state index in [1.807, 2.05) is 0 Å². The van der Waals surface area contributed by atoms with Crippen molar-refractivity contribution >= 4 is 5.97 Å². The van der Waals surface area contributed by atoms with E-state index in [0.717, 1.165) is 0 Å². The lowest BCUT2D eigenvalue weighted by atomic mass is 9.57. The van der Waals surface area contributed by atoms with Crippen molar-refractivity contribution in [1.29, 1.82) is 0 Å². The maximum absolute atomic E-state index is 12.9. The number of aliphatic hydroxyl groups excluding tert-OH is 5. The van der Waals surface area contributed by atoms with E-state index in [0.29, 0.717) is 12.0 Å². The fourth-order valence-electron chi connectivity index (χ4n) is 6.87. The van der Waals surface area contributed by atoms with E-state index < -0.39 is 95.8 Å². The van der Waals surface area contributed by atoms with E-state index in [1.54, 1.807) is 26.8 Å². The Bertz CT molecular complexity index is 1110. The summed E-state index contributed by atoms with van der Waals surface area (Å²) in [5.74, 6) is -2.06. The fraction of sp³-hybridized carbons (Fsp3) is 0.767. The summed E-state index contributed by atoms with van der Waals surface area (Å²) in [5.41, 5.74) is -5.41. The number of fused-ring (bicyclic) bond motifs is 1. The van der Waals surface area contributed by atoms with Gasteiger partial charge in [-0.1, -0.05) is 19.9 Å². The van der Waals surface area contributed by atoms with Crippen LogP contribution in [0.3, 0.4) is 0 Å². The van der Waals surface area contributed by atoms with Crippen LogP contribution in [0, 0.1) is 17.3 Å². The van der Waals surface area contributed by atoms with Crippen LogP contribution in [-0.4, -0.2) is 119 Å². The van der Waals surface area contributed by atoms with E-state index >= 15 is 0 Å². The minimum atomic E-state index is -1.78. The largest absolute Gasteiger partial charge is 0.472 e. The number of carbonyl (C=O) groups excluding carboxylic acids is 1. The quantitative estimate of drug-likeness (QED) is 0.0996.